The standard InChI is InChI=1S/C4H10NO/c1-2-5-3-4-6/h4-6H,2-3H2,1H3. The third-order valence-corrected chi connectivity index (χ3v) is 0.486. The molecule has 6 heavy (non-hydrogen) atoms. The van der Waals surface area contributed by atoms with Crippen LogP contribution >= 0.6 is 0 Å². The lowest BCUT2D eigenvalue weighted by Crippen LogP contribution is -2.13. The summed E-state index contributed by atoms with van der Waals surface area (Å²) in [5, 5.41) is 10.9. The number of rotatable bonds is 3. The van der Waals surface area contributed by atoms with Gasteiger partial charge in [0.25, 0.3) is 0 Å². The minimum Gasteiger partial charge on any atom is -0.389 e. The van der Waals surface area contributed by atoms with Gasteiger partial charge in [-0.1, -0.05) is 6.92 Å². The van der Waals surface area contributed by atoms with Gasteiger partial charge in [0.05, 0.1) is 6.61 Å². The van der Waals surface area contributed by atoms with Crippen LogP contribution < -0.4 is 5.32 Å². The van der Waals surface area contributed by atoms with Gasteiger partial charge in [-0.3, -0.25) is 0 Å². The van der Waals surface area contributed by atoms with Gasteiger partial charge >= 0.3 is 0 Å². The van der Waals surface area contributed by atoms with Crippen LogP contribution in [-0.2, 0) is 0 Å². The van der Waals surface area contributed by atoms with Crippen LogP contribution in [0.3, 0.4) is 0 Å². The lowest BCUT2D eigenvalue weighted by molar-refractivity contribution is 0.377. The van der Waals surface area contributed by atoms with E-state index in [-0.39, 0.29) is 0 Å². The number of hydrogen-bond donors (Lipinski definition) is 2. The summed E-state index contributed by atoms with van der Waals surface area (Å²) in [5.74, 6) is 0. The van der Waals surface area contributed by atoms with E-state index in [1.807, 2.05) is 6.92 Å². The first-order valence-electron chi connectivity index (χ1n) is 2.08. The van der Waals surface area contributed by atoms with E-state index in [1.165, 1.54) is 0 Å². The third-order valence-electron chi connectivity index (χ3n) is 0.486. The minimum absolute atomic E-state index is 0.594. The number of aliphatic hydroxyl groups is 1. The highest BCUT2D eigenvalue weighted by molar-refractivity contribution is 4.48. The molecule has 2 N–H and O–H groups in total. The van der Waals surface area contributed by atoms with Gasteiger partial charge in [-0.05, 0) is 6.54 Å². The molecule has 2 heteroatoms. The van der Waals surface area contributed by atoms with Crippen molar-refractivity contribution in [1.82, 2.24) is 5.32 Å². The highest BCUT2D eigenvalue weighted by Gasteiger charge is 1.73. The first kappa shape index (κ1) is 5.92. The van der Waals surface area contributed by atoms with E-state index in [0.29, 0.717) is 6.54 Å². The lowest BCUT2D eigenvalue weighted by Gasteiger charge is -1.90. The average molecular weight is 88.1 g/mol. The molecule has 0 aromatic carbocycles. The number of likely N-dealkylation sites (N-methyl/N-ethyl adjacent to an activating group) is 1. The molecule has 0 aromatic rings. The summed E-state index contributed by atoms with van der Waals surface area (Å²) < 4.78 is 0. The van der Waals surface area contributed by atoms with Crippen LogP contribution in [-0.4, -0.2) is 18.2 Å². The van der Waals surface area contributed by atoms with Crippen molar-refractivity contribution in [2.24, 2.45) is 0 Å². The van der Waals surface area contributed by atoms with Crippen molar-refractivity contribution < 1.29 is 5.11 Å². The Labute approximate surface area is 38.2 Å². The maximum Gasteiger partial charge on any atom is 0.0935 e. The molecule has 37 valence electrons. The zero-order chi connectivity index (χ0) is 4.83. The molecule has 0 aliphatic heterocycles. The molecular weight excluding hydrogens is 78.0 g/mol. The zero-order valence-electron chi connectivity index (χ0n) is 3.94. The maximum atomic E-state index is 8.01. The second kappa shape index (κ2) is 4.92. The molecule has 0 aromatic heterocycles. The van der Waals surface area contributed by atoms with Crippen LogP contribution in [0, 0.1) is 6.61 Å². The first-order valence-corrected chi connectivity index (χ1v) is 2.08. The molecule has 0 saturated heterocycles. The van der Waals surface area contributed by atoms with Crippen molar-refractivity contribution in [3.8, 4) is 0 Å². The van der Waals surface area contributed by atoms with E-state index in [4.69, 9.17) is 5.11 Å². The van der Waals surface area contributed by atoms with Gasteiger partial charge in [-0.15, -0.1) is 0 Å². The summed E-state index contributed by atoms with van der Waals surface area (Å²) in [6, 6.07) is 0. The smallest absolute Gasteiger partial charge is 0.0935 e. The fraction of sp³-hybridized carbons (Fsp3) is 0.750. The highest BCUT2D eigenvalue weighted by atomic mass is 16.3. The van der Waals surface area contributed by atoms with Crippen LogP contribution in [0.2, 0.25) is 0 Å². The van der Waals surface area contributed by atoms with E-state index in [0.717, 1.165) is 13.2 Å². The fourth-order valence-corrected chi connectivity index (χ4v) is 0.209. The second-order valence-corrected chi connectivity index (χ2v) is 0.990. The summed E-state index contributed by atoms with van der Waals surface area (Å²) in [4.78, 5) is 0. The van der Waals surface area contributed by atoms with Gasteiger partial charge in [0.1, 0.15) is 0 Å². The van der Waals surface area contributed by atoms with E-state index < -0.39 is 0 Å². The Bertz CT molecular complexity index is 19.5. The van der Waals surface area contributed by atoms with E-state index in [2.05, 4.69) is 5.32 Å². The summed E-state index contributed by atoms with van der Waals surface area (Å²) in [5.41, 5.74) is 0. The fourth-order valence-electron chi connectivity index (χ4n) is 0.209. The van der Waals surface area contributed by atoms with Gasteiger partial charge in [0.15, 0.2) is 0 Å². The molecule has 1 radical (unpaired) electrons. The Morgan fingerprint density at radius 3 is 2.67 bits per heavy atom. The zero-order valence-corrected chi connectivity index (χ0v) is 3.94. The van der Waals surface area contributed by atoms with Gasteiger partial charge in [-0.2, -0.15) is 0 Å². The van der Waals surface area contributed by atoms with Crippen molar-refractivity contribution in [2.75, 3.05) is 13.1 Å². The van der Waals surface area contributed by atoms with Crippen molar-refractivity contribution >= 4 is 0 Å². The van der Waals surface area contributed by atoms with Crippen molar-refractivity contribution in [3.63, 3.8) is 0 Å². The largest absolute Gasteiger partial charge is 0.389 e. The molecule has 0 aliphatic rings. The van der Waals surface area contributed by atoms with E-state index in [1.54, 1.807) is 0 Å². The van der Waals surface area contributed by atoms with Crippen LogP contribution in [0.25, 0.3) is 0 Å². The number of nitrogens with one attached hydrogen (secondary N) is 1. The van der Waals surface area contributed by atoms with Gasteiger partial charge < -0.3 is 10.4 Å². The molecule has 0 fully saturated rings. The Morgan fingerprint density at radius 2 is 2.50 bits per heavy atom. The molecule has 0 spiro atoms. The topological polar surface area (TPSA) is 32.3 Å². The van der Waals surface area contributed by atoms with Crippen LogP contribution in [0.5, 0.6) is 0 Å². The molecule has 0 bridgehead atoms. The first-order chi connectivity index (χ1) is 2.91. The van der Waals surface area contributed by atoms with Crippen LogP contribution in [0.15, 0.2) is 0 Å². The van der Waals surface area contributed by atoms with Crippen LogP contribution in [0.1, 0.15) is 6.92 Å². The number of hydrogen-bond acceptors (Lipinski definition) is 2. The Hall–Kier alpha value is -0.0800. The van der Waals surface area contributed by atoms with Crippen molar-refractivity contribution in [2.45, 2.75) is 6.92 Å². The molecule has 2 nitrogen and oxygen atoms in total. The molecule has 0 aliphatic carbocycles. The third kappa shape index (κ3) is 3.92. The van der Waals surface area contributed by atoms with Gasteiger partial charge in [-0.25, -0.2) is 0 Å². The average Bonchev–Trinajstić information content (AvgIpc) is 1.61. The Morgan fingerprint density at radius 1 is 1.83 bits per heavy atom. The maximum absolute atomic E-state index is 8.01. The summed E-state index contributed by atoms with van der Waals surface area (Å²) >= 11 is 0. The predicted molar refractivity (Wildman–Crippen MR) is 24.8 cm³/mol. The normalized spacial score (nSPS) is 9.00. The molecule has 0 heterocycles. The predicted octanol–water partition coefficient (Wildman–Crippen LogP) is 0.130. The molecule has 0 rings (SSSR count). The molecule has 0 atom stereocenters. The highest BCUT2D eigenvalue weighted by Crippen LogP contribution is 1.58. The summed E-state index contributed by atoms with van der Waals surface area (Å²) in [7, 11) is 0. The van der Waals surface area contributed by atoms with Crippen molar-refractivity contribution in [3.05, 3.63) is 6.61 Å². The molecule has 0 saturated carbocycles. The van der Waals surface area contributed by atoms with Crippen LogP contribution in [0.4, 0.5) is 0 Å². The SMILES string of the molecule is CCNC[CH]O. The molecule has 0 amide bonds. The van der Waals surface area contributed by atoms with Gasteiger partial charge in [0.2, 0.25) is 0 Å². The lowest BCUT2D eigenvalue weighted by atomic mass is 10.6. The number of aliphatic hydroxyl groups excluding tert-OH is 1. The summed E-state index contributed by atoms with van der Waals surface area (Å²) in [6.45, 7) is 4.60. The molecular formula is C4H10NO. The minimum atomic E-state index is 0.594. The Balaban J connectivity index is 2.34. The Kier molecular flexibility index (Phi) is 4.85. The quantitative estimate of drug-likeness (QED) is 0.481. The monoisotopic (exact) mass is 88.1 g/mol. The second-order valence-electron chi connectivity index (χ2n) is 0.990. The molecule has 0 unspecified atom stereocenters. The van der Waals surface area contributed by atoms with Gasteiger partial charge in [0, 0.05) is 6.54 Å². The van der Waals surface area contributed by atoms with E-state index in [9.17, 15) is 0 Å². The summed E-state index contributed by atoms with van der Waals surface area (Å²) in [6.07, 6.45) is 0. The van der Waals surface area contributed by atoms with E-state index >= 15 is 0 Å². The van der Waals surface area contributed by atoms with Crippen molar-refractivity contribution in [1.29, 1.82) is 0 Å².